The van der Waals surface area contributed by atoms with Crippen LogP contribution in [0.3, 0.4) is 0 Å². The molecule has 0 aromatic heterocycles. The molecule has 0 heterocycles. The van der Waals surface area contributed by atoms with Gasteiger partial charge in [0.15, 0.2) is 6.54 Å². The van der Waals surface area contributed by atoms with Gasteiger partial charge in [0, 0.05) is 12.1 Å². The number of benzene rings is 3. The molecule has 0 aliphatic carbocycles. The van der Waals surface area contributed by atoms with Crippen molar-refractivity contribution in [1.82, 2.24) is 5.32 Å². The Morgan fingerprint density at radius 1 is 1.03 bits per heavy atom. The van der Waals surface area contributed by atoms with Crippen LogP contribution in [-0.2, 0) is 21.2 Å². The molecule has 3 aromatic rings. The first-order valence-electron chi connectivity index (χ1n) is 9.54. The second-order valence-electron chi connectivity index (χ2n) is 7.09. The Morgan fingerprint density at radius 2 is 1.72 bits per heavy atom. The van der Waals surface area contributed by atoms with E-state index in [2.05, 4.69) is 36.5 Å². The van der Waals surface area contributed by atoms with Gasteiger partial charge < -0.3 is 10.6 Å². The van der Waals surface area contributed by atoms with E-state index in [1.807, 2.05) is 23.5 Å². The monoisotopic (exact) mass is 412 g/mol. The summed E-state index contributed by atoms with van der Waals surface area (Å²) in [5, 5.41) is 12.4. The molecule has 0 saturated carbocycles. The average molecular weight is 413 g/mol. The van der Waals surface area contributed by atoms with E-state index in [4.69, 9.17) is 5.14 Å². The molecule has 3 aromatic carbocycles. The van der Waals surface area contributed by atoms with E-state index in [0.717, 1.165) is 5.56 Å². The van der Waals surface area contributed by atoms with Crippen molar-refractivity contribution >= 4 is 26.7 Å². The quantitative estimate of drug-likeness (QED) is 0.522. The van der Waals surface area contributed by atoms with Crippen LogP contribution in [0.25, 0.3) is 10.8 Å². The third-order valence-corrected chi connectivity index (χ3v) is 5.89. The molecule has 0 aliphatic heterocycles. The normalized spacial score (nSPS) is 12.6. The third kappa shape index (κ3) is 5.63. The lowest BCUT2D eigenvalue weighted by molar-refractivity contribution is -0.682. The number of quaternary nitrogens is 1. The van der Waals surface area contributed by atoms with Gasteiger partial charge in [-0.2, -0.15) is 0 Å². The maximum atomic E-state index is 12.2. The van der Waals surface area contributed by atoms with E-state index in [0.29, 0.717) is 19.5 Å². The first-order chi connectivity index (χ1) is 13.8. The number of carbonyl (C=O) groups is 1. The summed E-state index contributed by atoms with van der Waals surface area (Å²) in [6, 6.07) is 21.0. The van der Waals surface area contributed by atoms with E-state index in [1.54, 1.807) is 12.1 Å². The molecular weight excluding hydrogens is 386 g/mol. The summed E-state index contributed by atoms with van der Waals surface area (Å²) < 4.78 is 22.5. The van der Waals surface area contributed by atoms with Crippen LogP contribution in [0.4, 0.5) is 0 Å². The molecule has 7 heteroatoms. The number of amides is 1. The molecule has 0 fully saturated rings. The molecular formula is C22H26N3O3S+. The zero-order chi connectivity index (χ0) is 20.9. The lowest BCUT2D eigenvalue weighted by atomic mass is 10.00. The number of sulfonamides is 1. The van der Waals surface area contributed by atoms with Crippen molar-refractivity contribution in [2.24, 2.45) is 5.14 Å². The van der Waals surface area contributed by atoms with Crippen molar-refractivity contribution in [1.29, 1.82) is 0 Å². The van der Waals surface area contributed by atoms with Crippen LogP contribution in [0.2, 0.25) is 0 Å². The van der Waals surface area contributed by atoms with Crippen LogP contribution in [0.1, 0.15) is 24.1 Å². The van der Waals surface area contributed by atoms with Gasteiger partial charge in [-0.15, -0.1) is 0 Å². The van der Waals surface area contributed by atoms with Crippen LogP contribution < -0.4 is 15.8 Å². The minimum Gasteiger partial charge on any atom is -0.351 e. The fraction of sp³-hybridized carbons (Fsp3) is 0.227. The van der Waals surface area contributed by atoms with E-state index < -0.39 is 10.0 Å². The van der Waals surface area contributed by atoms with Gasteiger partial charge in [0.2, 0.25) is 10.0 Å². The lowest BCUT2D eigenvalue weighted by Gasteiger charge is -2.14. The molecule has 0 unspecified atom stereocenters. The SMILES string of the molecule is C[C@@H]([NH2+]CC(=O)NCCc1ccc(S(N)(=O)=O)cc1)c1cccc2ccccc12. The molecule has 0 spiro atoms. The minimum atomic E-state index is -3.68. The lowest BCUT2D eigenvalue weighted by Crippen LogP contribution is -2.87. The van der Waals surface area contributed by atoms with E-state index in [9.17, 15) is 13.2 Å². The molecule has 5 N–H and O–H groups in total. The molecule has 6 nitrogen and oxygen atoms in total. The maximum Gasteiger partial charge on any atom is 0.275 e. The van der Waals surface area contributed by atoms with Gasteiger partial charge in [0.1, 0.15) is 6.04 Å². The fourth-order valence-corrected chi connectivity index (χ4v) is 3.84. The summed E-state index contributed by atoms with van der Waals surface area (Å²) in [5.74, 6) is -0.0294. The Balaban J connectivity index is 1.47. The number of nitrogens with two attached hydrogens (primary N) is 2. The average Bonchev–Trinajstić information content (AvgIpc) is 2.71. The van der Waals surface area contributed by atoms with E-state index >= 15 is 0 Å². The van der Waals surface area contributed by atoms with Crippen LogP contribution >= 0.6 is 0 Å². The van der Waals surface area contributed by atoms with Gasteiger partial charge >= 0.3 is 0 Å². The predicted molar refractivity (Wildman–Crippen MR) is 114 cm³/mol. The Labute approximate surface area is 171 Å². The minimum absolute atomic E-state index is 0.0294. The van der Waals surface area contributed by atoms with Crippen molar-refractivity contribution in [3.05, 3.63) is 77.9 Å². The van der Waals surface area contributed by atoms with Crippen molar-refractivity contribution in [3.63, 3.8) is 0 Å². The number of hydrogen-bond acceptors (Lipinski definition) is 3. The van der Waals surface area contributed by atoms with Crippen molar-refractivity contribution in [2.45, 2.75) is 24.3 Å². The number of carbonyl (C=O) groups excluding carboxylic acids is 1. The summed E-state index contributed by atoms with van der Waals surface area (Å²) in [5.41, 5.74) is 2.15. The van der Waals surface area contributed by atoms with Crippen LogP contribution in [0, 0.1) is 0 Å². The van der Waals surface area contributed by atoms with Crippen molar-refractivity contribution < 1.29 is 18.5 Å². The third-order valence-electron chi connectivity index (χ3n) is 4.96. The summed E-state index contributed by atoms with van der Waals surface area (Å²) in [6.07, 6.45) is 0.621. The van der Waals surface area contributed by atoms with Crippen molar-refractivity contribution in [2.75, 3.05) is 13.1 Å². The molecule has 0 saturated heterocycles. The first-order valence-corrected chi connectivity index (χ1v) is 11.1. The van der Waals surface area contributed by atoms with Gasteiger partial charge in [0.25, 0.3) is 5.91 Å². The topological polar surface area (TPSA) is 106 Å². The molecule has 0 bridgehead atoms. The summed E-state index contributed by atoms with van der Waals surface area (Å²) in [4.78, 5) is 12.3. The molecule has 152 valence electrons. The summed E-state index contributed by atoms with van der Waals surface area (Å²) in [7, 11) is -3.68. The highest BCUT2D eigenvalue weighted by atomic mass is 32.2. The summed E-state index contributed by atoms with van der Waals surface area (Å²) >= 11 is 0. The van der Waals surface area contributed by atoms with E-state index in [-0.39, 0.29) is 16.8 Å². The number of fused-ring (bicyclic) bond motifs is 1. The van der Waals surface area contributed by atoms with Gasteiger partial charge in [0.05, 0.1) is 4.90 Å². The highest BCUT2D eigenvalue weighted by molar-refractivity contribution is 7.89. The smallest absolute Gasteiger partial charge is 0.275 e. The molecule has 1 amide bonds. The largest absolute Gasteiger partial charge is 0.351 e. The van der Waals surface area contributed by atoms with Crippen LogP contribution in [-0.4, -0.2) is 27.4 Å². The second-order valence-corrected chi connectivity index (χ2v) is 8.65. The van der Waals surface area contributed by atoms with E-state index in [1.165, 1.54) is 28.5 Å². The predicted octanol–water partition coefficient (Wildman–Crippen LogP) is 1.47. The number of hydrogen-bond donors (Lipinski definition) is 3. The van der Waals surface area contributed by atoms with Gasteiger partial charge in [-0.05, 0) is 41.8 Å². The maximum absolute atomic E-state index is 12.2. The Bertz CT molecular complexity index is 1090. The molecule has 29 heavy (non-hydrogen) atoms. The first kappa shape index (κ1) is 21.0. The zero-order valence-electron chi connectivity index (χ0n) is 16.3. The second kappa shape index (κ2) is 9.17. The molecule has 0 aliphatic rings. The summed E-state index contributed by atoms with van der Waals surface area (Å²) in [6.45, 7) is 2.93. The number of primary sulfonamides is 1. The number of nitrogens with one attached hydrogen (secondary N) is 1. The molecule has 1 atom stereocenters. The molecule has 0 radical (unpaired) electrons. The molecule has 3 rings (SSSR count). The van der Waals surface area contributed by atoms with Crippen molar-refractivity contribution in [3.8, 4) is 0 Å². The Morgan fingerprint density at radius 3 is 2.45 bits per heavy atom. The van der Waals surface area contributed by atoms with Gasteiger partial charge in [-0.25, -0.2) is 13.6 Å². The Kier molecular flexibility index (Phi) is 6.64. The van der Waals surface area contributed by atoms with Gasteiger partial charge in [-0.1, -0.05) is 54.6 Å². The highest BCUT2D eigenvalue weighted by Crippen LogP contribution is 2.21. The zero-order valence-corrected chi connectivity index (χ0v) is 17.2. The standard InChI is InChI=1S/C22H25N3O3S/c1-16(20-8-4-6-18-5-2-3-7-21(18)20)25-15-22(26)24-14-13-17-9-11-19(12-10-17)29(23,27)28/h2-12,16,25H,13-15H2,1H3,(H,24,26)(H2,23,27,28)/p+1/t16-/m1/s1. The van der Waals surface area contributed by atoms with Gasteiger partial charge in [-0.3, -0.25) is 4.79 Å². The number of rotatable bonds is 8. The Hall–Kier alpha value is -2.74. The highest BCUT2D eigenvalue weighted by Gasteiger charge is 2.14. The fourth-order valence-electron chi connectivity index (χ4n) is 3.32. The van der Waals surface area contributed by atoms with Crippen LogP contribution in [0.15, 0.2) is 71.6 Å². The van der Waals surface area contributed by atoms with Crippen LogP contribution in [0.5, 0.6) is 0 Å².